The molecule has 11 heteroatoms. The molecule has 4 aromatic carbocycles. The molecule has 0 aromatic heterocycles. The van der Waals surface area contributed by atoms with Crippen molar-refractivity contribution in [1.29, 1.82) is 0 Å². The van der Waals surface area contributed by atoms with E-state index < -0.39 is 28.5 Å². The highest BCUT2D eigenvalue weighted by Gasteiger charge is 2.35. The van der Waals surface area contributed by atoms with E-state index in [9.17, 15) is 18.0 Å². The minimum absolute atomic E-state index is 0.00248. The zero-order valence-electron chi connectivity index (χ0n) is 25.4. The van der Waals surface area contributed by atoms with Gasteiger partial charge >= 0.3 is 0 Å². The molecule has 0 saturated heterocycles. The quantitative estimate of drug-likeness (QED) is 0.198. The molecule has 4 rings (SSSR count). The molecule has 45 heavy (non-hydrogen) atoms. The first-order valence-electron chi connectivity index (χ1n) is 14.3. The number of hydrogen-bond donors (Lipinski definition) is 1. The summed E-state index contributed by atoms with van der Waals surface area (Å²) in [4.78, 5) is 29.5. The molecule has 0 bridgehead atoms. The number of nitrogens with one attached hydrogen (secondary N) is 1. The molecule has 0 aliphatic carbocycles. The van der Waals surface area contributed by atoms with E-state index >= 15 is 0 Å². The van der Waals surface area contributed by atoms with Crippen LogP contribution in [-0.4, -0.2) is 58.5 Å². The number of anilines is 1. The predicted octanol–water partition coefficient (Wildman–Crippen LogP) is 5.33. The van der Waals surface area contributed by atoms with Crippen LogP contribution in [0, 0.1) is 0 Å². The highest BCUT2D eigenvalue weighted by atomic mass is 35.5. The van der Waals surface area contributed by atoms with E-state index in [0.29, 0.717) is 22.9 Å². The van der Waals surface area contributed by atoms with Crippen LogP contribution in [-0.2, 0) is 32.6 Å². The second-order valence-electron chi connectivity index (χ2n) is 10.1. The normalized spacial score (nSPS) is 11.7. The van der Waals surface area contributed by atoms with Gasteiger partial charge < -0.3 is 19.7 Å². The van der Waals surface area contributed by atoms with Gasteiger partial charge in [0.15, 0.2) is 0 Å². The first-order chi connectivity index (χ1) is 21.7. The molecular formula is C34H36ClN3O6S. The number of sulfonamides is 1. The Morgan fingerprint density at radius 3 is 2.13 bits per heavy atom. The minimum Gasteiger partial charge on any atom is -0.497 e. The second kappa shape index (κ2) is 15.5. The van der Waals surface area contributed by atoms with Gasteiger partial charge in [-0.05, 0) is 54.4 Å². The molecule has 0 aliphatic heterocycles. The summed E-state index contributed by atoms with van der Waals surface area (Å²) >= 11 is 6.29. The Kier molecular flexibility index (Phi) is 11.5. The Morgan fingerprint density at radius 2 is 1.51 bits per heavy atom. The molecule has 1 atom stereocenters. The van der Waals surface area contributed by atoms with Crippen molar-refractivity contribution < 1.29 is 27.5 Å². The summed E-state index contributed by atoms with van der Waals surface area (Å²) in [5.41, 5.74) is 1.62. The molecule has 0 saturated carbocycles. The Hall–Kier alpha value is -4.54. The Balaban J connectivity index is 1.85. The maximum absolute atomic E-state index is 14.5. The summed E-state index contributed by atoms with van der Waals surface area (Å²) in [7, 11) is -1.43. The maximum Gasteiger partial charge on any atom is 0.264 e. The molecule has 0 unspecified atom stereocenters. The Bertz CT molecular complexity index is 1700. The van der Waals surface area contributed by atoms with Crippen LogP contribution in [0.15, 0.2) is 108 Å². The molecule has 0 aliphatic rings. The number of carbonyl (C=O) groups excluding carboxylic acids is 2. The summed E-state index contributed by atoms with van der Waals surface area (Å²) in [6, 6.07) is 27.9. The lowest BCUT2D eigenvalue weighted by Gasteiger charge is -2.34. The molecule has 9 nitrogen and oxygen atoms in total. The Morgan fingerprint density at radius 1 is 0.844 bits per heavy atom. The van der Waals surface area contributed by atoms with Crippen molar-refractivity contribution in [3.63, 3.8) is 0 Å². The molecule has 0 heterocycles. The van der Waals surface area contributed by atoms with Crippen LogP contribution in [0.4, 0.5) is 5.69 Å². The molecule has 0 spiro atoms. The summed E-state index contributed by atoms with van der Waals surface area (Å²) in [5.74, 6) is -0.389. The molecule has 1 N–H and O–H groups in total. The van der Waals surface area contributed by atoms with Crippen LogP contribution in [0.5, 0.6) is 11.5 Å². The summed E-state index contributed by atoms with van der Waals surface area (Å²) in [5, 5.41) is 3.31. The van der Waals surface area contributed by atoms with Crippen molar-refractivity contribution in [1.82, 2.24) is 10.2 Å². The fourth-order valence-electron chi connectivity index (χ4n) is 4.90. The second-order valence-corrected chi connectivity index (χ2v) is 12.4. The van der Waals surface area contributed by atoms with E-state index in [1.165, 1.54) is 37.3 Å². The zero-order valence-corrected chi connectivity index (χ0v) is 26.9. The third-order valence-corrected chi connectivity index (χ3v) is 9.14. The average Bonchev–Trinajstić information content (AvgIpc) is 3.05. The van der Waals surface area contributed by atoms with Gasteiger partial charge in [0.1, 0.15) is 24.1 Å². The lowest BCUT2D eigenvalue weighted by atomic mass is 10.0. The monoisotopic (exact) mass is 649 g/mol. The van der Waals surface area contributed by atoms with Gasteiger partial charge in [-0.25, -0.2) is 8.42 Å². The van der Waals surface area contributed by atoms with Crippen LogP contribution in [0.2, 0.25) is 5.02 Å². The molecular weight excluding hydrogens is 614 g/mol. The fraction of sp³-hybridized carbons (Fsp3) is 0.235. The number of halogens is 1. The molecule has 0 fully saturated rings. The number of methoxy groups -OCH3 is 2. The van der Waals surface area contributed by atoms with Crippen LogP contribution < -0.4 is 19.1 Å². The number of ether oxygens (including phenoxy) is 2. The standard InChI is InChI=1S/C34H36ClN3O6S/c1-4-36-34(40)31(21-25-12-7-5-8-13-25)37(23-26-14-11-15-27(35)20-26)33(39)24-38(45(41,42)29-16-9-6-10-17-29)30-22-28(43-2)18-19-32(30)44-3/h5-20,22,31H,4,21,23-24H2,1-3H3,(H,36,40)/t31-/m1/s1. The number of benzene rings is 4. The molecule has 2 amide bonds. The van der Waals surface area contributed by atoms with Crippen LogP contribution in [0.25, 0.3) is 0 Å². The number of amides is 2. The van der Waals surface area contributed by atoms with Crippen LogP contribution in [0.3, 0.4) is 0 Å². The number of likely N-dealkylation sites (N-methyl/N-ethyl adjacent to an activating group) is 1. The van der Waals surface area contributed by atoms with E-state index in [1.54, 1.807) is 61.5 Å². The highest BCUT2D eigenvalue weighted by Crippen LogP contribution is 2.36. The highest BCUT2D eigenvalue weighted by molar-refractivity contribution is 7.92. The number of nitrogens with zero attached hydrogens (tertiary/aromatic N) is 2. The van der Waals surface area contributed by atoms with E-state index in [-0.39, 0.29) is 35.2 Å². The van der Waals surface area contributed by atoms with Gasteiger partial charge in [-0.15, -0.1) is 0 Å². The van der Waals surface area contributed by atoms with Crippen molar-refractivity contribution in [3.8, 4) is 11.5 Å². The van der Waals surface area contributed by atoms with E-state index in [4.69, 9.17) is 21.1 Å². The number of carbonyl (C=O) groups is 2. The molecule has 4 aromatic rings. The van der Waals surface area contributed by atoms with Gasteiger partial charge in [0.25, 0.3) is 10.0 Å². The van der Waals surface area contributed by atoms with Gasteiger partial charge in [0.05, 0.1) is 24.8 Å². The van der Waals surface area contributed by atoms with Crippen molar-refractivity contribution in [2.45, 2.75) is 30.8 Å². The smallest absolute Gasteiger partial charge is 0.264 e. The zero-order chi connectivity index (χ0) is 32.4. The average molecular weight is 650 g/mol. The predicted molar refractivity (Wildman–Crippen MR) is 175 cm³/mol. The fourth-order valence-corrected chi connectivity index (χ4v) is 6.55. The summed E-state index contributed by atoms with van der Waals surface area (Å²) in [6.07, 6.45) is 0.201. The van der Waals surface area contributed by atoms with Crippen LogP contribution >= 0.6 is 11.6 Å². The third kappa shape index (κ3) is 8.34. The van der Waals surface area contributed by atoms with Gasteiger partial charge in [-0.1, -0.05) is 72.3 Å². The minimum atomic E-state index is -4.31. The van der Waals surface area contributed by atoms with E-state index in [2.05, 4.69) is 5.32 Å². The number of hydrogen-bond acceptors (Lipinski definition) is 6. The van der Waals surface area contributed by atoms with Gasteiger partial charge in [0.2, 0.25) is 11.8 Å². The maximum atomic E-state index is 14.5. The van der Waals surface area contributed by atoms with Gasteiger partial charge in [-0.3, -0.25) is 13.9 Å². The molecule has 0 radical (unpaired) electrons. The topological polar surface area (TPSA) is 105 Å². The third-order valence-electron chi connectivity index (χ3n) is 7.13. The molecule has 236 valence electrons. The van der Waals surface area contributed by atoms with Crippen molar-refractivity contribution in [2.24, 2.45) is 0 Å². The number of rotatable bonds is 14. The van der Waals surface area contributed by atoms with Crippen molar-refractivity contribution >= 4 is 39.1 Å². The lowest BCUT2D eigenvalue weighted by molar-refractivity contribution is -0.140. The van der Waals surface area contributed by atoms with Gasteiger partial charge in [-0.2, -0.15) is 0 Å². The van der Waals surface area contributed by atoms with Crippen LogP contribution in [0.1, 0.15) is 18.1 Å². The van der Waals surface area contributed by atoms with E-state index in [1.807, 2.05) is 30.3 Å². The Labute approximate surface area is 269 Å². The first-order valence-corrected chi connectivity index (χ1v) is 16.1. The largest absolute Gasteiger partial charge is 0.497 e. The van der Waals surface area contributed by atoms with E-state index in [0.717, 1.165) is 9.87 Å². The lowest BCUT2D eigenvalue weighted by Crippen LogP contribution is -2.53. The summed E-state index contributed by atoms with van der Waals surface area (Å²) in [6.45, 7) is 1.51. The summed E-state index contributed by atoms with van der Waals surface area (Å²) < 4.78 is 40.4. The first kappa shape index (κ1) is 33.4. The van der Waals surface area contributed by atoms with Crippen molar-refractivity contribution in [3.05, 3.63) is 119 Å². The van der Waals surface area contributed by atoms with Crippen molar-refractivity contribution in [2.75, 3.05) is 31.6 Å². The van der Waals surface area contributed by atoms with Gasteiger partial charge in [0, 0.05) is 30.6 Å². The SMILES string of the molecule is CCNC(=O)[C@@H](Cc1ccccc1)N(Cc1cccc(Cl)c1)C(=O)CN(c1cc(OC)ccc1OC)S(=O)(=O)c1ccccc1.